The Morgan fingerprint density at radius 2 is 1.70 bits per heavy atom. The van der Waals surface area contributed by atoms with Crippen LogP contribution in [0.1, 0.15) is 90.2 Å². The van der Waals surface area contributed by atoms with Crippen LogP contribution in [0.3, 0.4) is 0 Å². The number of aryl methyl sites for hydroxylation is 2. The number of allylic oxidation sites excluding steroid dienone is 1. The average Bonchev–Trinajstić information content (AvgIpc) is 3.02. The molecule has 10 heteroatoms. The highest BCUT2D eigenvalue weighted by atomic mass is 32.2. The minimum absolute atomic E-state index is 0.0537. The minimum atomic E-state index is -4.52. The van der Waals surface area contributed by atoms with Gasteiger partial charge in [0.05, 0.1) is 5.25 Å². The second kappa shape index (κ2) is 11.7. The SMILES string of the molecule is C[C@H]1CCc2cc3ccc2[C@@H]1C[C@@H](S(=O)(=O)O)[C@H]1C=C([C@@H](O)c2ccc(O)cc2)C[C@@H]2CCc4cc(ccc4[C@H]21)[C@@H](N=C(N)N)O3. The van der Waals surface area contributed by atoms with E-state index in [1.165, 1.54) is 12.1 Å². The quantitative estimate of drug-likeness (QED) is 0.109. The van der Waals surface area contributed by atoms with Crippen LogP contribution in [0.4, 0.5) is 0 Å². The van der Waals surface area contributed by atoms with E-state index in [0.29, 0.717) is 17.7 Å². The number of rotatable bonds is 4. The van der Waals surface area contributed by atoms with E-state index in [1.54, 1.807) is 12.1 Å². The van der Waals surface area contributed by atoms with Crippen LogP contribution in [0.25, 0.3) is 0 Å². The van der Waals surface area contributed by atoms with Gasteiger partial charge in [-0.1, -0.05) is 43.3 Å². The molecule has 0 saturated heterocycles. The first-order chi connectivity index (χ1) is 22.0. The molecule has 7 aliphatic rings. The summed E-state index contributed by atoms with van der Waals surface area (Å²) in [6.07, 6.45) is 4.29. The summed E-state index contributed by atoms with van der Waals surface area (Å²) in [5, 5.41) is 20.3. The third-order valence-electron chi connectivity index (χ3n) is 10.9. The van der Waals surface area contributed by atoms with E-state index in [2.05, 4.69) is 18.0 Å². The number of hydrogen-bond acceptors (Lipinski definition) is 6. The van der Waals surface area contributed by atoms with Gasteiger partial charge in [0.2, 0.25) is 6.23 Å². The first-order valence-electron chi connectivity index (χ1n) is 16.1. The second-order valence-electron chi connectivity index (χ2n) is 13.6. The van der Waals surface area contributed by atoms with E-state index in [-0.39, 0.29) is 41.8 Å². The number of hydrogen-bond donors (Lipinski definition) is 5. The first kappa shape index (κ1) is 30.8. The molecule has 0 aromatic heterocycles. The molecule has 10 rings (SSSR count). The molecule has 7 N–H and O–H groups in total. The number of nitrogens with zero attached hydrogens (tertiary/aromatic N) is 1. The number of aliphatic imine (C=N–C) groups is 1. The van der Waals surface area contributed by atoms with Gasteiger partial charge in [-0.2, -0.15) is 8.42 Å². The zero-order chi connectivity index (χ0) is 32.3. The van der Waals surface area contributed by atoms with Crippen LogP contribution in [0, 0.1) is 17.8 Å². The summed E-state index contributed by atoms with van der Waals surface area (Å²) < 4.78 is 44.5. The molecule has 3 aromatic carbocycles. The lowest BCUT2D eigenvalue weighted by atomic mass is 9.61. The molecule has 46 heavy (non-hydrogen) atoms. The van der Waals surface area contributed by atoms with Crippen LogP contribution in [-0.2, 0) is 23.0 Å². The van der Waals surface area contributed by atoms with Crippen molar-refractivity contribution in [2.24, 2.45) is 34.2 Å². The summed E-state index contributed by atoms with van der Waals surface area (Å²) in [4.78, 5) is 4.43. The second-order valence-corrected chi connectivity index (χ2v) is 15.2. The van der Waals surface area contributed by atoms with Crippen molar-refractivity contribution in [3.05, 3.63) is 106 Å². The summed E-state index contributed by atoms with van der Waals surface area (Å²) >= 11 is 0. The van der Waals surface area contributed by atoms with Gasteiger partial charge in [-0.3, -0.25) is 4.55 Å². The van der Waals surface area contributed by atoms with Crippen LogP contribution < -0.4 is 16.2 Å². The van der Waals surface area contributed by atoms with Crippen molar-refractivity contribution in [1.29, 1.82) is 0 Å². The van der Waals surface area contributed by atoms with Gasteiger partial charge < -0.3 is 26.4 Å². The zero-order valence-corrected chi connectivity index (χ0v) is 26.6. The monoisotopic (exact) mass is 643 g/mol. The molecule has 0 fully saturated rings. The van der Waals surface area contributed by atoms with Crippen molar-refractivity contribution in [3.8, 4) is 11.5 Å². The highest BCUT2D eigenvalue weighted by Crippen LogP contribution is 2.54. The number of nitrogens with two attached hydrogens (primary N) is 2. The number of phenolic OH excluding ortho intramolecular Hbond substituents is 1. The van der Waals surface area contributed by atoms with Crippen LogP contribution in [0.5, 0.6) is 11.5 Å². The number of benzene rings is 3. The van der Waals surface area contributed by atoms with Crippen molar-refractivity contribution >= 4 is 16.1 Å². The number of phenols is 1. The van der Waals surface area contributed by atoms with Gasteiger partial charge >= 0.3 is 0 Å². The fourth-order valence-corrected chi connectivity index (χ4v) is 9.72. The van der Waals surface area contributed by atoms with E-state index in [0.717, 1.165) is 59.1 Å². The summed E-state index contributed by atoms with van der Waals surface area (Å²) in [6.45, 7) is 2.15. The largest absolute Gasteiger partial charge is 0.508 e. The van der Waals surface area contributed by atoms with Crippen molar-refractivity contribution in [2.45, 2.75) is 74.9 Å². The maximum absolute atomic E-state index is 13.5. The summed E-state index contributed by atoms with van der Waals surface area (Å²) in [6, 6.07) is 18.4. The Labute approximate surface area is 269 Å². The van der Waals surface area contributed by atoms with E-state index in [9.17, 15) is 23.2 Å². The minimum Gasteiger partial charge on any atom is -0.508 e. The van der Waals surface area contributed by atoms with E-state index in [1.807, 2.05) is 36.4 Å². The summed E-state index contributed by atoms with van der Waals surface area (Å²) in [7, 11) is -4.52. The van der Waals surface area contributed by atoms with Crippen molar-refractivity contribution in [3.63, 3.8) is 0 Å². The number of guanidine groups is 1. The zero-order valence-electron chi connectivity index (χ0n) is 25.8. The number of aromatic hydroxyl groups is 1. The van der Waals surface area contributed by atoms with Crippen LogP contribution >= 0.6 is 0 Å². The van der Waals surface area contributed by atoms with Gasteiger partial charge in [0.1, 0.15) is 17.6 Å². The van der Waals surface area contributed by atoms with Crippen molar-refractivity contribution in [2.75, 3.05) is 0 Å². The molecule has 8 atom stereocenters. The molecule has 0 unspecified atom stereocenters. The Balaban J connectivity index is 1.43. The smallest absolute Gasteiger partial charge is 0.268 e. The van der Waals surface area contributed by atoms with Crippen molar-refractivity contribution < 1.29 is 27.9 Å². The molecule has 0 radical (unpaired) electrons. The lowest BCUT2D eigenvalue weighted by Crippen LogP contribution is -2.41. The molecular formula is C36H41N3O6S. The van der Waals surface area contributed by atoms with Gasteiger partial charge in [0.15, 0.2) is 5.96 Å². The Kier molecular flexibility index (Phi) is 7.85. The number of aliphatic hydroxyl groups is 1. The van der Waals surface area contributed by atoms with Crippen LogP contribution in [0.15, 0.2) is 77.3 Å². The topological polar surface area (TPSA) is 168 Å². The van der Waals surface area contributed by atoms with E-state index in [4.69, 9.17) is 16.2 Å². The van der Waals surface area contributed by atoms with Gasteiger partial charge in [-0.05, 0) is 126 Å². The molecule has 3 aliphatic carbocycles. The predicted octanol–water partition coefficient (Wildman–Crippen LogP) is 5.40. The average molecular weight is 644 g/mol. The highest BCUT2D eigenvalue weighted by Gasteiger charge is 2.47. The van der Waals surface area contributed by atoms with E-state index >= 15 is 0 Å². The first-order valence-corrected chi connectivity index (χ1v) is 17.6. The fourth-order valence-electron chi connectivity index (χ4n) is 8.62. The Morgan fingerprint density at radius 3 is 2.43 bits per heavy atom. The van der Waals surface area contributed by atoms with Crippen molar-refractivity contribution in [1.82, 2.24) is 0 Å². The molecule has 9 nitrogen and oxygen atoms in total. The van der Waals surface area contributed by atoms with E-state index < -0.39 is 33.6 Å². The molecule has 4 aliphatic heterocycles. The number of ether oxygens (including phenoxy) is 1. The molecule has 8 bridgehead atoms. The lowest BCUT2D eigenvalue weighted by Gasteiger charge is -2.45. The predicted molar refractivity (Wildman–Crippen MR) is 176 cm³/mol. The molecule has 0 spiro atoms. The van der Waals surface area contributed by atoms with Crippen LogP contribution in [-0.4, -0.2) is 34.4 Å². The molecule has 4 heterocycles. The third-order valence-corrected chi connectivity index (χ3v) is 12.1. The molecule has 0 amide bonds. The summed E-state index contributed by atoms with van der Waals surface area (Å²) in [5.41, 5.74) is 18.1. The fraction of sp³-hybridized carbons (Fsp3) is 0.417. The third kappa shape index (κ3) is 5.67. The van der Waals surface area contributed by atoms with Gasteiger partial charge in [-0.15, -0.1) is 0 Å². The maximum Gasteiger partial charge on any atom is 0.268 e. The highest BCUT2D eigenvalue weighted by molar-refractivity contribution is 7.86. The molecule has 3 aromatic rings. The molecule has 0 saturated carbocycles. The standard InChI is InChI=1S/C36H41N3O6S/c1-19-2-3-22-16-27-11-13-28(22)30(19)18-32(46(42,43)44)31-17-25(34(41)20-6-9-26(40)10-7-20)15-23-5-4-21-14-24(8-12-29(21)33(23)31)35(45-27)39-36(37)38/h6-14,16-17,19,23,30-35,40-41H,2-5,15,18H2,1H3,(H4,37,38,39)(H,42,43,44)/t19-,23-,30+,31+,32+,33-,34-,35-/m0/s1. The lowest BCUT2D eigenvalue weighted by molar-refractivity contribution is 0.182. The molecular weight excluding hydrogens is 602 g/mol. The number of aliphatic hydroxyl groups excluding tert-OH is 1. The van der Waals surface area contributed by atoms with Gasteiger partial charge in [0, 0.05) is 11.5 Å². The Bertz CT molecular complexity index is 1820. The van der Waals surface area contributed by atoms with Gasteiger partial charge in [-0.25, -0.2) is 4.99 Å². The Hall–Kier alpha value is -3.86. The van der Waals surface area contributed by atoms with Crippen LogP contribution in [0.2, 0.25) is 0 Å². The summed E-state index contributed by atoms with van der Waals surface area (Å²) in [5.74, 6) is 0.0310. The molecule has 242 valence electrons. The normalized spacial score (nSPS) is 29.1. The van der Waals surface area contributed by atoms with Gasteiger partial charge in [0.25, 0.3) is 10.1 Å². The maximum atomic E-state index is 13.5. The Morgan fingerprint density at radius 1 is 0.978 bits per heavy atom.